The molecule has 3 aliphatic rings. The summed E-state index contributed by atoms with van der Waals surface area (Å²) in [6.45, 7) is 7.81. The van der Waals surface area contributed by atoms with Gasteiger partial charge in [0, 0.05) is 62.8 Å². The second kappa shape index (κ2) is 14.3. The highest BCUT2D eigenvalue weighted by Gasteiger charge is 2.33. The van der Waals surface area contributed by atoms with Crippen molar-refractivity contribution >= 4 is 34.6 Å². The minimum Gasteiger partial charge on any atom is -0.352 e. The zero-order valence-electron chi connectivity index (χ0n) is 21.5. The Balaban J connectivity index is 0.000000205. The fourth-order valence-corrected chi connectivity index (χ4v) is 6.56. The molecule has 4 atom stereocenters. The number of carbonyl (C=O) groups is 2. The SMILES string of the molecule is COOC(=O)N1CCCC(N2CCC(NC(C)=O)C2)C1.C[C@@H]1CCCCN1S(=O)c1ccc(Cl)cc1. The molecule has 1 N–H and O–H groups in total. The van der Waals surface area contributed by atoms with E-state index >= 15 is 0 Å². The first-order valence-corrected chi connectivity index (χ1v) is 14.2. The smallest absolute Gasteiger partial charge is 0.352 e. The molecule has 3 fully saturated rings. The van der Waals surface area contributed by atoms with Crippen LogP contribution in [0.15, 0.2) is 29.2 Å². The van der Waals surface area contributed by atoms with E-state index in [9.17, 15) is 13.8 Å². The Morgan fingerprint density at radius 3 is 2.44 bits per heavy atom. The Morgan fingerprint density at radius 2 is 1.78 bits per heavy atom. The van der Waals surface area contributed by atoms with Crippen LogP contribution in [0, 0.1) is 0 Å². The molecule has 1 aromatic carbocycles. The van der Waals surface area contributed by atoms with Crippen molar-refractivity contribution in [3.63, 3.8) is 0 Å². The topological polar surface area (TPSA) is 91.4 Å². The summed E-state index contributed by atoms with van der Waals surface area (Å²) in [6, 6.07) is 8.26. The molecule has 0 aromatic heterocycles. The normalized spacial score (nSPS) is 26.0. The van der Waals surface area contributed by atoms with Crippen molar-refractivity contribution in [2.45, 2.75) is 75.4 Å². The van der Waals surface area contributed by atoms with Crippen molar-refractivity contribution in [3.8, 4) is 0 Å². The molecule has 0 aliphatic carbocycles. The minimum atomic E-state index is -1.03. The summed E-state index contributed by atoms with van der Waals surface area (Å²) >= 11 is 5.82. The molecule has 0 bridgehead atoms. The monoisotopic (exact) mass is 542 g/mol. The van der Waals surface area contributed by atoms with Crippen LogP contribution in [0.25, 0.3) is 0 Å². The molecule has 0 spiro atoms. The van der Waals surface area contributed by atoms with Crippen LogP contribution in [0.3, 0.4) is 0 Å². The minimum absolute atomic E-state index is 0.0193. The molecule has 36 heavy (non-hydrogen) atoms. The summed E-state index contributed by atoms with van der Waals surface area (Å²) in [4.78, 5) is 36.6. The Hall–Kier alpha value is -1.72. The molecular formula is C25H39ClN4O5S. The first-order valence-electron chi connectivity index (χ1n) is 12.7. The van der Waals surface area contributed by atoms with E-state index in [4.69, 9.17) is 11.6 Å². The van der Waals surface area contributed by atoms with E-state index in [2.05, 4.69) is 31.2 Å². The van der Waals surface area contributed by atoms with Crippen LogP contribution < -0.4 is 5.32 Å². The summed E-state index contributed by atoms with van der Waals surface area (Å²) in [7, 11) is 0.298. The van der Waals surface area contributed by atoms with Crippen molar-refractivity contribution in [2.24, 2.45) is 0 Å². The van der Waals surface area contributed by atoms with Crippen LogP contribution >= 0.6 is 11.6 Å². The van der Waals surface area contributed by atoms with Gasteiger partial charge < -0.3 is 10.2 Å². The number of nitrogens with zero attached hydrogens (tertiary/aromatic N) is 3. The second-order valence-electron chi connectivity index (χ2n) is 9.63. The van der Waals surface area contributed by atoms with E-state index in [1.54, 1.807) is 24.0 Å². The fourth-order valence-electron chi connectivity index (χ4n) is 5.07. The van der Waals surface area contributed by atoms with Gasteiger partial charge in [-0.2, -0.15) is 4.89 Å². The first kappa shape index (κ1) is 28.8. The molecule has 3 unspecified atom stereocenters. The Bertz CT molecular complexity index is 890. The quantitative estimate of drug-likeness (QED) is 0.451. The maximum atomic E-state index is 12.3. The molecule has 3 aliphatic heterocycles. The van der Waals surface area contributed by atoms with Gasteiger partial charge in [0.25, 0.3) is 0 Å². The number of benzene rings is 1. The third kappa shape index (κ3) is 8.41. The lowest BCUT2D eigenvalue weighted by molar-refractivity contribution is -0.222. The van der Waals surface area contributed by atoms with Gasteiger partial charge in [-0.1, -0.05) is 18.0 Å². The largest absolute Gasteiger partial charge is 0.441 e. The number of likely N-dealkylation sites (tertiary alicyclic amines) is 2. The summed E-state index contributed by atoms with van der Waals surface area (Å²) in [5.41, 5.74) is 0. The molecule has 0 radical (unpaired) electrons. The zero-order chi connectivity index (χ0) is 26.1. The van der Waals surface area contributed by atoms with Crippen molar-refractivity contribution in [1.29, 1.82) is 0 Å². The van der Waals surface area contributed by atoms with E-state index in [1.165, 1.54) is 13.5 Å². The highest BCUT2D eigenvalue weighted by Crippen LogP contribution is 2.23. The van der Waals surface area contributed by atoms with E-state index in [0.717, 1.165) is 56.6 Å². The van der Waals surface area contributed by atoms with Gasteiger partial charge in [0.15, 0.2) is 0 Å². The molecule has 2 amide bonds. The van der Waals surface area contributed by atoms with E-state index in [-0.39, 0.29) is 11.9 Å². The number of rotatable bonds is 5. The van der Waals surface area contributed by atoms with Gasteiger partial charge in [0.2, 0.25) is 5.91 Å². The lowest BCUT2D eigenvalue weighted by Gasteiger charge is -2.36. The molecule has 3 heterocycles. The van der Waals surface area contributed by atoms with E-state index in [0.29, 0.717) is 30.2 Å². The fraction of sp³-hybridized carbons (Fsp3) is 0.680. The Morgan fingerprint density at radius 1 is 1.03 bits per heavy atom. The number of carbonyl (C=O) groups excluding carboxylic acids is 2. The second-order valence-corrected chi connectivity index (χ2v) is 11.5. The van der Waals surface area contributed by atoms with E-state index in [1.807, 2.05) is 12.1 Å². The average Bonchev–Trinajstić information content (AvgIpc) is 3.33. The molecule has 202 valence electrons. The van der Waals surface area contributed by atoms with Crippen LogP contribution in [0.2, 0.25) is 5.02 Å². The maximum Gasteiger partial charge on any atom is 0.441 e. The Labute approximate surface area is 221 Å². The van der Waals surface area contributed by atoms with Crippen LogP contribution in [0.1, 0.15) is 52.4 Å². The van der Waals surface area contributed by atoms with Gasteiger partial charge >= 0.3 is 6.09 Å². The summed E-state index contributed by atoms with van der Waals surface area (Å²) in [5, 5.41) is 3.65. The maximum absolute atomic E-state index is 12.3. The molecule has 4 rings (SSSR count). The van der Waals surface area contributed by atoms with Gasteiger partial charge in [-0.25, -0.2) is 13.3 Å². The van der Waals surface area contributed by atoms with Crippen molar-refractivity contribution in [1.82, 2.24) is 19.4 Å². The molecule has 11 heteroatoms. The number of piperidine rings is 2. The lowest BCUT2D eigenvalue weighted by Crippen LogP contribution is -2.50. The number of hydrogen-bond acceptors (Lipinski definition) is 6. The molecule has 1 aromatic rings. The third-order valence-electron chi connectivity index (χ3n) is 6.92. The van der Waals surface area contributed by atoms with Crippen LogP contribution in [0.5, 0.6) is 0 Å². The number of hydrogen-bond donors (Lipinski definition) is 1. The Kier molecular flexibility index (Phi) is 11.4. The van der Waals surface area contributed by atoms with Crippen molar-refractivity contribution in [3.05, 3.63) is 29.3 Å². The van der Waals surface area contributed by atoms with Crippen molar-refractivity contribution < 1.29 is 23.6 Å². The van der Waals surface area contributed by atoms with Crippen LogP contribution in [-0.4, -0.2) is 88.3 Å². The lowest BCUT2D eigenvalue weighted by atomic mass is 10.1. The van der Waals surface area contributed by atoms with Gasteiger partial charge in [0.05, 0.1) is 12.0 Å². The van der Waals surface area contributed by atoms with Crippen molar-refractivity contribution in [2.75, 3.05) is 39.8 Å². The van der Waals surface area contributed by atoms with Gasteiger partial charge in [0.1, 0.15) is 11.0 Å². The summed E-state index contributed by atoms with van der Waals surface area (Å²) < 4.78 is 14.4. The summed E-state index contributed by atoms with van der Waals surface area (Å²) in [5.74, 6) is 0.0193. The standard InChI is InChI=1S/C13H23N3O4.C12H16ClNOS/c1-10(17)14-11-5-7-15(8-11)12-4-3-6-16(9-12)13(18)20-19-2;1-10-4-2-3-9-14(10)16(15)12-7-5-11(13)6-8-12/h11-12H,3-9H2,1-2H3,(H,14,17);5-8,10H,2-4,9H2,1H3/t;10-,16?/m.1/s1. The number of nitrogens with one attached hydrogen (secondary N) is 1. The molecule has 0 saturated carbocycles. The van der Waals surface area contributed by atoms with Crippen LogP contribution in [0.4, 0.5) is 4.79 Å². The first-order chi connectivity index (χ1) is 17.3. The number of halogens is 1. The summed E-state index contributed by atoms with van der Waals surface area (Å²) in [6.07, 6.45) is 6.11. The highest BCUT2D eigenvalue weighted by molar-refractivity contribution is 7.82. The predicted octanol–water partition coefficient (Wildman–Crippen LogP) is 3.60. The average molecular weight is 543 g/mol. The molecular weight excluding hydrogens is 504 g/mol. The van der Waals surface area contributed by atoms with E-state index < -0.39 is 17.1 Å². The van der Waals surface area contributed by atoms with Crippen LogP contribution in [-0.2, 0) is 25.6 Å². The highest BCUT2D eigenvalue weighted by atomic mass is 35.5. The zero-order valence-corrected chi connectivity index (χ0v) is 23.1. The van der Waals surface area contributed by atoms with Gasteiger partial charge in [-0.3, -0.25) is 14.6 Å². The molecule has 3 saturated heterocycles. The van der Waals surface area contributed by atoms with Gasteiger partial charge in [-0.05, 0) is 63.3 Å². The van der Waals surface area contributed by atoms with Gasteiger partial charge in [-0.15, -0.1) is 0 Å². The third-order valence-corrected chi connectivity index (χ3v) is 8.82. The number of amides is 2. The molecule has 9 nitrogen and oxygen atoms in total. The predicted molar refractivity (Wildman–Crippen MR) is 140 cm³/mol.